The van der Waals surface area contributed by atoms with E-state index in [0.29, 0.717) is 58.6 Å². The molecule has 0 saturated heterocycles. The minimum absolute atomic E-state index is 0.0327. The molecule has 8 nitrogen and oxygen atoms in total. The summed E-state index contributed by atoms with van der Waals surface area (Å²) in [5.74, 6) is 1.88. The van der Waals surface area contributed by atoms with Crippen molar-refractivity contribution in [3.8, 4) is 34.3 Å². The number of aromatic amines is 1. The van der Waals surface area contributed by atoms with E-state index in [2.05, 4.69) is 17.1 Å². The Hall–Kier alpha value is -4.17. The summed E-state index contributed by atoms with van der Waals surface area (Å²) in [5, 5.41) is 18.5. The average molecular weight is 562 g/mol. The molecule has 3 aromatic carbocycles. The largest absolute Gasteiger partial charge is 0.507 e. The molecule has 1 aliphatic heterocycles. The second-order valence-corrected chi connectivity index (χ2v) is 10.1. The normalized spacial score (nSPS) is 14.3. The van der Waals surface area contributed by atoms with Crippen LogP contribution in [-0.4, -0.2) is 53.5 Å². The quantitative estimate of drug-likeness (QED) is 0.205. The van der Waals surface area contributed by atoms with Crippen molar-refractivity contribution in [2.24, 2.45) is 0 Å². The Morgan fingerprint density at radius 1 is 1.05 bits per heavy atom. The summed E-state index contributed by atoms with van der Waals surface area (Å²) in [7, 11) is 3.20. The van der Waals surface area contributed by atoms with E-state index < -0.39 is 6.04 Å². The van der Waals surface area contributed by atoms with E-state index in [0.717, 1.165) is 29.7 Å². The maximum Gasteiger partial charge on any atom is 0.273 e. The average Bonchev–Trinajstić information content (AvgIpc) is 3.51. The van der Waals surface area contributed by atoms with Gasteiger partial charge in [-0.2, -0.15) is 5.10 Å². The first-order chi connectivity index (χ1) is 19.4. The molecule has 0 bridgehead atoms. The third-order valence-electron chi connectivity index (χ3n) is 7.11. The number of carbonyl (C=O) groups is 1. The van der Waals surface area contributed by atoms with Gasteiger partial charge in [0.25, 0.3) is 5.91 Å². The molecule has 1 atom stereocenters. The van der Waals surface area contributed by atoms with Crippen molar-refractivity contribution >= 4 is 17.5 Å². The molecule has 0 radical (unpaired) electrons. The van der Waals surface area contributed by atoms with E-state index >= 15 is 0 Å². The number of hydrogen-bond acceptors (Lipinski definition) is 6. The summed E-state index contributed by atoms with van der Waals surface area (Å²) in [6.45, 7) is 3.17. The van der Waals surface area contributed by atoms with Crippen LogP contribution < -0.4 is 14.2 Å². The minimum Gasteiger partial charge on any atom is -0.507 e. The number of H-pyrrole nitrogens is 1. The van der Waals surface area contributed by atoms with Crippen molar-refractivity contribution in [1.82, 2.24) is 15.1 Å². The Morgan fingerprint density at radius 2 is 1.88 bits per heavy atom. The van der Waals surface area contributed by atoms with E-state index in [1.807, 2.05) is 47.4 Å². The molecule has 0 fully saturated rings. The first-order valence-electron chi connectivity index (χ1n) is 13.3. The Kier molecular flexibility index (Phi) is 8.16. The van der Waals surface area contributed by atoms with Gasteiger partial charge in [0.05, 0.1) is 26.9 Å². The molecule has 5 rings (SSSR count). The summed E-state index contributed by atoms with van der Waals surface area (Å²) in [5.41, 5.74) is 3.92. The highest BCUT2D eigenvalue weighted by atomic mass is 35.5. The number of unbranched alkanes of at least 4 members (excludes halogenated alkanes) is 1. The van der Waals surface area contributed by atoms with E-state index in [1.54, 1.807) is 26.4 Å². The van der Waals surface area contributed by atoms with Crippen LogP contribution >= 0.6 is 11.6 Å². The number of aromatic nitrogens is 2. The number of benzene rings is 3. The number of methoxy groups -OCH3 is 2. The summed E-state index contributed by atoms with van der Waals surface area (Å²) >= 11 is 6.28. The molecule has 9 heteroatoms. The van der Waals surface area contributed by atoms with Gasteiger partial charge in [0.1, 0.15) is 22.9 Å². The molecule has 40 heavy (non-hydrogen) atoms. The van der Waals surface area contributed by atoms with Crippen molar-refractivity contribution in [2.75, 3.05) is 27.4 Å². The number of rotatable bonds is 11. The number of fused-ring (bicyclic) bond motifs is 1. The van der Waals surface area contributed by atoms with Crippen molar-refractivity contribution < 1.29 is 24.1 Å². The van der Waals surface area contributed by atoms with Crippen LogP contribution in [0.1, 0.15) is 53.0 Å². The summed E-state index contributed by atoms with van der Waals surface area (Å²) in [4.78, 5) is 15.6. The third-order valence-corrected chi connectivity index (χ3v) is 7.34. The van der Waals surface area contributed by atoms with E-state index in [4.69, 9.17) is 25.8 Å². The lowest BCUT2D eigenvalue weighted by atomic mass is 9.95. The lowest BCUT2D eigenvalue weighted by Gasteiger charge is -2.27. The monoisotopic (exact) mass is 561 g/mol. The highest BCUT2D eigenvalue weighted by Crippen LogP contribution is 2.45. The highest BCUT2D eigenvalue weighted by molar-refractivity contribution is 6.31. The lowest BCUT2D eigenvalue weighted by molar-refractivity contribution is 0.0745. The number of phenolic OH excluding ortho intramolecular Hbond substituents is 1. The Bertz CT molecular complexity index is 1520. The van der Waals surface area contributed by atoms with Crippen molar-refractivity contribution in [3.63, 3.8) is 0 Å². The number of ether oxygens (including phenoxy) is 3. The van der Waals surface area contributed by atoms with Gasteiger partial charge in [-0.25, -0.2) is 0 Å². The van der Waals surface area contributed by atoms with Crippen molar-refractivity contribution in [1.29, 1.82) is 0 Å². The van der Waals surface area contributed by atoms with Gasteiger partial charge in [-0.1, -0.05) is 43.1 Å². The topological polar surface area (TPSA) is 96.9 Å². The van der Waals surface area contributed by atoms with Gasteiger partial charge in [0.2, 0.25) is 0 Å². The van der Waals surface area contributed by atoms with Gasteiger partial charge < -0.3 is 24.2 Å². The van der Waals surface area contributed by atoms with Gasteiger partial charge >= 0.3 is 0 Å². The maximum atomic E-state index is 13.8. The number of hydrogen-bond donors (Lipinski definition) is 2. The van der Waals surface area contributed by atoms with Gasteiger partial charge in [-0.3, -0.25) is 9.89 Å². The molecular weight excluding hydrogens is 530 g/mol. The zero-order valence-electron chi connectivity index (χ0n) is 22.7. The first kappa shape index (κ1) is 27.4. The molecule has 0 aliphatic carbocycles. The van der Waals surface area contributed by atoms with Crippen LogP contribution in [0.15, 0.2) is 60.7 Å². The Balaban J connectivity index is 1.54. The van der Waals surface area contributed by atoms with Crippen LogP contribution in [0.5, 0.6) is 23.0 Å². The second kappa shape index (κ2) is 11.9. The molecular formula is C31H32ClN3O5. The SMILES string of the molecule is CCCCOc1cccc(C2c3c(-c4cc(Cl)ccc4O)n[nH]c3C(=O)N2CCc2ccc(OC)c(OC)c2)c1. The number of aromatic hydroxyl groups is 1. The number of nitrogens with zero attached hydrogens (tertiary/aromatic N) is 2. The van der Waals surface area contributed by atoms with Crippen LogP contribution in [-0.2, 0) is 6.42 Å². The van der Waals surface area contributed by atoms with Gasteiger partial charge in [-0.05, 0) is 66.4 Å². The molecule has 0 saturated carbocycles. The van der Waals surface area contributed by atoms with Crippen molar-refractivity contribution in [2.45, 2.75) is 32.2 Å². The fraction of sp³-hybridized carbons (Fsp3) is 0.290. The van der Waals surface area contributed by atoms with E-state index in [-0.39, 0.29) is 11.7 Å². The summed E-state index contributed by atoms with van der Waals surface area (Å²) in [6.07, 6.45) is 2.57. The van der Waals surface area contributed by atoms with Gasteiger partial charge in [0, 0.05) is 22.7 Å². The second-order valence-electron chi connectivity index (χ2n) is 9.64. The molecule has 4 aromatic rings. The number of nitrogens with one attached hydrogen (secondary N) is 1. The minimum atomic E-state index is -0.454. The molecule has 1 amide bonds. The van der Waals surface area contributed by atoms with Crippen molar-refractivity contribution in [3.05, 3.63) is 88.1 Å². The standard InChI is InChI=1S/C31H32ClN3O5/c1-4-5-15-40-22-8-6-7-20(17-22)30-27-28(23-18-21(32)10-11-24(23)36)33-34-29(27)31(37)35(30)14-13-19-9-12-25(38-2)26(16-19)39-3/h6-12,16-18,30,36H,4-5,13-15H2,1-3H3,(H,33,34). The number of carbonyl (C=O) groups excluding carboxylic acids is 1. The Labute approximate surface area is 238 Å². The number of amides is 1. The number of halogens is 1. The third kappa shape index (κ3) is 5.31. The zero-order valence-corrected chi connectivity index (χ0v) is 23.5. The van der Waals surface area contributed by atoms with Gasteiger partial charge in [0.15, 0.2) is 11.5 Å². The highest BCUT2D eigenvalue weighted by Gasteiger charge is 2.42. The van der Waals surface area contributed by atoms with E-state index in [1.165, 1.54) is 6.07 Å². The predicted molar refractivity (Wildman–Crippen MR) is 154 cm³/mol. The fourth-order valence-corrected chi connectivity index (χ4v) is 5.24. The molecule has 2 heterocycles. The Morgan fingerprint density at radius 3 is 2.65 bits per heavy atom. The number of phenols is 1. The summed E-state index contributed by atoms with van der Waals surface area (Å²) in [6, 6.07) is 17.9. The zero-order chi connectivity index (χ0) is 28.2. The van der Waals surface area contributed by atoms with Crippen LogP contribution in [0.3, 0.4) is 0 Å². The van der Waals surface area contributed by atoms with Crippen LogP contribution in [0.25, 0.3) is 11.3 Å². The van der Waals surface area contributed by atoms with Gasteiger partial charge in [-0.15, -0.1) is 0 Å². The summed E-state index contributed by atoms with van der Waals surface area (Å²) < 4.78 is 16.8. The molecule has 1 aliphatic rings. The molecule has 1 aromatic heterocycles. The van der Waals surface area contributed by atoms with Crippen LogP contribution in [0, 0.1) is 0 Å². The fourth-order valence-electron chi connectivity index (χ4n) is 5.07. The molecule has 208 valence electrons. The van der Waals surface area contributed by atoms with Crippen LogP contribution in [0.2, 0.25) is 5.02 Å². The predicted octanol–water partition coefficient (Wildman–Crippen LogP) is 6.42. The lowest BCUT2D eigenvalue weighted by Crippen LogP contribution is -2.31. The van der Waals surface area contributed by atoms with E-state index in [9.17, 15) is 9.90 Å². The maximum absolute atomic E-state index is 13.8. The molecule has 0 spiro atoms. The molecule has 1 unspecified atom stereocenters. The smallest absolute Gasteiger partial charge is 0.273 e. The van der Waals surface area contributed by atoms with Crippen LogP contribution in [0.4, 0.5) is 0 Å². The molecule has 2 N–H and O–H groups in total. The first-order valence-corrected chi connectivity index (χ1v) is 13.6.